The summed E-state index contributed by atoms with van der Waals surface area (Å²) in [5, 5.41) is 0. The predicted octanol–water partition coefficient (Wildman–Crippen LogP) is 4.20. The van der Waals surface area contributed by atoms with E-state index in [-0.39, 0.29) is 12.2 Å². The molecule has 2 atom stereocenters. The molecule has 1 amide bonds. The molecular formula is C20H33NO5. The van der Waals surface area contributed by atoms with Gasteiger partial charge in [0.25, 0.3) is 0 Å². The van der Waals surface area contributed by atoms with E-state index >= 15 is 0 Å². The molecule has 3 aliphatic rings. The van der Waals surface area contributed by atoms with E-state index in [0.29, 0.717) is 31.8 Å². The fraction of sp³-hybridized carbons (Fsp3) is 0.850. The van der Waals surface area contributed by atoms with Gasteiger partial charge < -0.3 is 14.4 Å². The molecule has 2 aliphatic heterocycles. The van der Waals surface area contributed by atoms with Gasteiger partial charge in [-0.1, -0.05) is 25.5 Å². The van der Waals surface area contributed by atoms with Crippen LogP contribution >= 0.6 is 0 Å². The number of ether oxygens (including phenoxy) is 2. The maximum atomic E-state index is 12.3. The first kappa shape index (κ1) is 19.6. The molecule has 0 radical (unpaired) electrons. The molecule has 0 unspecified atom stereocenters. The second kappa shape index (κ2) is 6.80. The summed E-state index contributed by atoms with van der Waals surface area (Å²) >= 11 is 0. The van der Waals surface area contributed by atoms with Crippen LogP contribution < -0.4 is 0 Å². The van der Waals surface area contributed by atoms with Crippen LogP contribution in [0.3, 0.4) is 0 Å². The van der Waals surface area contributed by atoms with Crippen molar-refractivity contribution in [1.82, 2.24) is 4.90 Å². The van der Waals surface area contributed by atoms with Crippen LogP contribution in [0.25, 0.3) is 0 Å². The first-order valence-electron chi connectivity index (χ1n) is 9.75. The lowest BCUT2D eigenvalue weighted by Gasteiger charge is -2.51. The molecule has 6 heteroatoms. The zero-order valence-electron chi connectivity index (χ0n) is 17.0. The lowest BCUT2D eigenvalue weighted by Crippen LogP contribution is -2.60. The highest BCUT2D eigenvalue weighted by Crippen LogP contribution is 2.44. The summed E-state index contributed by atoms with van der Waals surface area (Å²) in [7, 11) is 0. The number of hydrogen-bond acceptors (Lipinski definition) is 5. The Bertz CT molecular complexity index is 571. The smallest absolute Gasteiger partial charge is 0.410 e. The molecular weight excluding hydrogens is 334 g/mol. The summed E-state index contributed by atoms with van der Waals surface area (Å²) in [5.74, 6) is -0.269. The summed E-state index contributed by atoms with van der Waals surface area (Å²) in [6, 6.07) is 0. The number of amides is 1. The van der Waals surface area contributed by atoms with Crippen molar-refractivity contribution >= 4 is 6.09 Å². The van der Waals surface area contributed by atoms with Gasteiger partial charge in [-0.05, 0) is 46.5 Å². The van der Waals surface area contributed by atoms with Crippen molar-refractivity contribution in [3.05, 3.63) is 11.6 Å². The van der Waals surface area contributed by atoms with Crippen LogP contribution in [-0.4, -0.2) is 47.2 Å². The van der Waals surface area contributed by atoms with Crippen molar-refractivity contribution in [2.45, 2.75) is 90.3 Å². The van der Waals surface area contributed by atoms with Crippen molar-refractivity contribution in [2.75, 3.05) is 13.1 Å². The summed E-state index contributed by atoms with van der Waals surface area (Å²) < 4.78 is 11.9. The van der Waals surface area contributed by atoms with Crippen molar-refractivity contribution in [1.29, 1.82) is 0 Å². The lowest BCUT2D eigenvalue weighted by atomic mass is 9.80. The third-order valence-electron chi connectivity index (χ3n) is 5.52. The molecule has 2 fully saturated rings. The zero-order valence-corrected chi connectivity index (χ0v) is 17.0. The Morgan fingerprint density at radius 1 is 1.23 bits per heavy atom. The van der Waals surface area contributed by atoms with E-state index in [0.717, 1.165) is 12.8 Å². The monoisotopic (exact) mass is 367 g/mol. The minimum absolute atomic E-state index is 0.115. The van der Waals surface area contributed by atoms with E-state index in [1.54, 1.807) is 4.90 Å². The highest BCUT2D eigenvalue weighted by molar-refractivity contribution is 5.68. The number of nitrogens with zero attached hydrogens (tertiary/aromatic N) is 1. The van der Waals surface area contributed by atoms with E-state index < -0.39 is 17.0 Å². The van der Waals surface area contributed by atoms with Gasteiger partial charge in [0, 0.05) is 25.9 Å². The highest BCUT2D eigenvalue weighted by Gasteiger charge is 2.53. The second-order valence-electron chi connectivity index (χ2n) is 9.29. The zero-order chi connectivity index (χ0) is 19.2. The Kier molecular flexibility index (Phi) is 5.14. The molecule has 0 N–H and O–H groups in total. The van der Waals surface area contributed by atoms with E-state index in [2.05, 4.69) is 19.9 Å². The summed E-state index contributed by atoms with van der Waals surface area (Å²) in [5.41, 5.74) is 0.487. The molecule has 1 aliphatic carbocycles. The quantitative estimate of drug-likeness (QED) is 0.514. The molecule has 6 nitrogen and oxygen atoms in total. The Hall–Kier alpha value is -1.11. The summed E-state index contributed by atoms with van der Waals surface area (Å²) in [4.78, 5) is 25.6. The Morgan fingerprint density at radius 3 is 2.46 bits per heavy atom. The van der Waals surface area contributed by atoms with Gasteiger partial charge in [-0.25, -0.2) is 14.6 Å². The van der Waals surface area contributed by atoms with Gasteiger partial charge in [0.15, 0.2) is 0 Å². The van der Waals surface area contributed by atoms with Crippen molar-refractivity contribution < 1.29 is 24.0 Å². The van der Waals surface area contributed by atoms with Crippen LogP contribution in [-0.2, 0) is 19.2 Å². The minimum Gasteiger partial charge on any atom is -0.444 e. The summed E-state index contributed by atoms with van der Waals surface area (Å²) in [6.07, 6.45) is 4.87. The van der Waals surface area contributed by atoms with Gasteiger partial charge in [-0.3, -0.25) is 0 Å². The molecule has 0 aromatic carbocycles. The fourth-order valence-electron chi connectivity index (χ4n) is 3.70. The van der Waals surface area contributed by atoms with Gasteiger partial charge in [-0.2, -0.15) is 0 Å². The van der Waals surface area contributed by atoms with Crippen molar-refractivity contribution in [3.63, 3.8) is 0 Å². The Balaban J connectivity index is 1.65. The molecule has 2 saturated heterocycles. The first-order chi connectivity index (χ1) is 12.0. The molecule has 3 rings (SSSR count). The number of hydrogen-bond donors (Lipinski definition) is 0. The summed E-state index contributed by atoms with van der Waals surface area (Å²) in [6.45, 7) is 13.2. The molecule has 26 heavy (non-hydrogen) atoms. The largest absolute Gasteiger partial charge is 0.444 e. The van der Waals surface area contributed by atoms with Crippen LogP contribution in [0.5, 0.6) is 0 Å². The molecule has 148 valence electrons. The number of piperidine rings is 1. The average Bonchev–Trinajstić information content (AvgIpc) is 2.54. The fourth-order valence-corrected chi connectivity index (χ4v) is 3.70. The van der Waals surface area contributed by atoms with E-state index in [1.165, 1.54) is 5.57 Å². The van der Waals surface area contributed by atoms with E-state index in [1.807, 2.05) is 27.7 Å². The van der Waals surface area contributed by atoms with Crippen LogP contribution in [0.15, 0.2) is 11.6 Å². The van der Waals surface area contributed by atoms with E-state index in [4.69, 9.17) is 19.2 Å². The first-order valence-corrected chi connectivity index (χ1v) is 9.75. The topological polar surface area (TPSA) is 57.2 Å². The van der Waals surface area contributed by atoms with Gasteiger partial charge in [0.2, 0.25) is 5.79 Å². The second-order valence-corrected chi connectivity index (χ2v) is 9.29. The minimum atomic E-state index is -0.779. The third kappa shape index (κ3) is 4.07. The maximum Gasteiger partial charge on any atom is 0.410 e. The van der Waals surface area contributed by atoms with Gasteiger partial charge >= 0.3 is 6.09 Å². The van der Waals surface area contributed by atoms with Crippen LogP contribution in [0.4, 0.5) is 4.79 Å². The lowest BCUT2D eigenvalue weighted by molar-refractivity contribution is -0.527. The molecule has 0 aromatic rings. The Morgan fingerprint density at radius 2 is 1.88 bits per heavy atom. The van der Waals surface area contributed by atoms with Gasteiger partial charge in [0.1, 0.15) is 17.3 Å². The van der Waals surface area contributed by atoms with E-state index in [9.17, 15) is 4.79 Å². The maximum absolute atomic E-state index is 12.3. The standard InChI is InChI=1S/C20H33NO5/c1-14(2)15-7-8-19(6)16(13-15)23-20(26-25-19)9-11-21(12-10-20)17(22)24-18(3,4)5/h13-14,16H,7-12H2,1-6H3/t16-,19+/m1/s1. The Labute approximate surface area is 156 Å². The van der Waals surface area contributed by atoms with Crippen molar-refractivity contribution in [2.24, 2.45) is 5.92 Å². The normalized spacial score (nSPS) is 31.6. The number of fused-ring (bicyclic) bond motifs is 1. The number of carbonyl (C=O) groups is 1. The molecule has 0 saturated carbocycles. The number of likely N-dealkylation sites (tertiary alicyclic amines) is 1. The number of carbonyl (C=O) groups excluding carboxylic acids is 1. The molecule has 0 aromatic heterocycles. The van der Waals surface area contributed by atoms with Crippen LogP contribution in [0, 0.1) is 5.92 Å². The molecule has 0 bridgehead atoms. The third-order valence-corrected chi connectivity index (χ3v) is 5.52. The van der Waals surface area contributed by atoms with Crippen LogP contribution in [0.1, 0.15) is 67.2 Å². The highest BCUT2D eigenvalue weighted by atomic mass is 17.2. The number of allylic oxidation sites excluding steroid dienone is 1. The van der Waals surface area contributed by atoms with Gasteiger partial charge in [-0.15, -0.1) is 0 Å². The van der Waals surface area contributed by atoms with Gasteiger partial charge in [0.05, 0.1) is 0 Å². The SMILES string of the molecule is CC(C)C1=C[C@H]2OC3(CCN(C(=O)OC(C)(C)C)CC3)OO[C@@]2(C)CC1. The van der Waals surface area contributed by atoms with Crippen molar-refractivity contribution in [3.8, 4) is 0 Å². The molecule has 1 spiro atoms. The predicted molar refractivity (Wildman–Crippen MR) is 97.4 cm³/mol. The van der Waals surface area contributed by atoms with Crippen LogP contribution in [0.2, 0.25) is 0 Å². The molecule has 2 heterocycles. The number of rotatable bonds is 1. The average molecular weight is 367 g/mol.